The van der Waals surface area contributed by atoms with E-state index < -0.39 is 0 Å². The molecule has 1 saturated heterocycles. The zero-order valence-electron chi connectivity index (χ0n) is 16.9. The summed E-state index contributed by atoms with van der Waals surface area (Å²) in [7, 11) is 3.93. The second-order valence-electron chi connectivity index (χ2n) is 8.42. The zero-order valence-corrected chi connectivity index (χ0v) is 16.9. The number of nitrogens with zero attached hydrogens (tertiary/aromatic N) is 5. The second-order valence-corrected chi connectivity index (χ2v) is 8.42. The Balaban J connectivity index is 1.49. The van der Waals surface area contributed by atoms with Crippen LogP contribution in [0.15, 0.2) is 42.7 Å². The van der Waals surface area contributed by atoms with E-state index in [0.29, 0.717) is 0 Å². The Kier molecular flexibility index (Phi) is 4.23. The minimum Gasteiger partial charge on any atom is -0.347 e. The second kappa shape index (κ2) is 6.79. The molecule has 0 radical (unpaired) electrons. The van der Waals surface area contributed by atoms with E-state index in [9.17, 15) is 4.79 Å². The summed E-state index contributed by atoms with van der Waals surface area (Å²) in [5, 5.41) is 0.920. The Morgan fingerprint density at radius 3 is 2.90 bits per heavy atom. The molecule has 6 heteroatoms. The number of hydrogen-bond donors (Lipinski definition) is 0. The zero-order chi connectivity index (χ0) is 20.0. The van der Waals surface area contributed by atoms with Gasteiger partial charge in [0, 0.05) is 55.9 Å². The molecule has 2 aromatic heterocycles. The third kappa shape index (κ3) is 2.94. The number of benzene rings is 1. The van der Waals surface area contributed by atoms with Crippen molar-refractivity contribution in [2.24, 2.45) is 0 Å². The van der Waals surface area contributed by atoms with Gasteiger partial charge in [0.25, 0.3) is 5.91 Å². The lowest BCUT2D eigenvalue weighted by atomic mass is 9.77. The number of rotatable bonds is 2. The number of anilines is 1. The highest BCUT2D eigenvalue weighted by Crippen LogP contribution is 2.44. The predicted octanol–water partition coefficient (Wildman–Crippen LogP) is 3.21. The molecule has 5 rings (SSSR count). The van der Waals surface area contributed by atoms with Crippen LogP contribution in [0.1, 0.15) is 40.9 Å². The van der Waals surface area contributed by atoms with Crippen LogP contribution in [0.5, 0.6) is 0 Å². The van der Waals surface area contributed by atoms with Gasteiger partial charge >= 0.3 is 0 Å². The van der Waals surface area contributed by atoms with Gasteiger partial charge in [0.15, 0.2) is 0 Å². The summed E-state index contributed by atoms with van der Waals surface area (Å²) in [6, 6.07) is 9.67. The Labute approximate surface area is 170 Å². The molecule has 1 amide bonds. The molecule has 3 heterocycles. The number of amides is 1. The van der Waals surface area contributed by atoms with E-state index in [2.05, 4.69) is 9.97 Å². The number of pyridine rings is 1. The lowest BCUT2D eigenvalue weighted by Gasteiger charge is -2.40. The lowest BCUT2D eigenvalue weighted by molar-refractivity contribution is 0.0635. The first-order chi connectivity index (χ1) is 14.1. The van der Waals surface area contributed by atoms with E-state index in [0.717, 1.165) is 66.9 Å². The topological polar surface area (TPSA) is 62.2 Å². The SMILES string of the molecule is CN(C)c1ncc2c(n1)C1(CCCN(C(=O)c3cccc4ncccc34)C1)CC2. The number of aryl methyl sites for hydroxylation is 1. The van der Waals surface area contributed by atoms with Gasteiger partial charge in [-0.3, -0.25) is 9.78 Å². The molecule has 1 aliphatic carbocycles. The summed E-state index contributed by atoms with van der Waals surface area (Å²) in [5.74, 6) is 0.839. The lowest BCUT2D eigenvalue weighted by Crippen LogP contribution is -2.48. The molecule has 29 heavy (non-hydrogen) atoms. The van der Waals surface area contributed by atoms with Gasteiger partial charge in [-0.05, 0) is 49.4 Å². The third-order valence-electron chi connectivity index (χ3n) is 6.37. The van der Waals surface area contributed by atoms with Gasteiger partial charge in [-0.1, -0.05) is 12.1 Å². The smallest absolute Gasteiger partial charge is 0.254 e. The Hall–Kier alpha value is -3.02. The van der Waals surface area contributed by atoms with Gasteiger partial charge < -0.3 is 9.80 Å². The van der Waals surface area contributed by atoms with E-state index in [1.54, 1.807) is 6.20 Å². The predicted molar refractivity (Wildman–Crippen MR) is 113 cm³/mol. The molecule has 0 saturated carbocycles. The van der Waals surface area contributed by atoms with E-state index in [4.69, 9.17) is 4.98 Å². The number of carbonyl (C=O) groups is 1. The van der Waals surface area contributed by atoms with Crippen LogP contribution in [0.3, 0.4) is 0 Å². The quantitative estimate of drug-likeness (QED) is 0.676. The Bertz CT molecular complexity index is 1090. The van der Waals surface area contributed by atoms with Crippen molar-refractivity contribution in [1.29, 1.82) is 0 Å². The van der Waals surface area contributed by atoms with E-state index in [1.165, 1.54) is 5.56 Å². The molecule has 6 nitrogen and oxygen atoms in total. The molecule has 0 N–H and O–H groups in total. The number of likely N-dealkylation sites (tertiary alicyclic amines) is 1. The van der Waals surface area contributed by atoms with Crippen molar-refractivity contribution in [3.63, 3.8) is 0 Å². The summed E-state index contributed by atoms with van der Waals surface area (Å²) in [6.07, 6.45) is 7.84. The van der Waals surface area contributed by atoms with Crippen LogP contribution in [0.4, 0.5) is 5.95 Å². The fourth-order valence-electron chi connectivity index (χ4n) is 4.91. The molecular formula is C23H25N5O. The molecule has 1 unspecified atom stereocenters. The Morgan fingerprint density at radius 1 is 1.14 bits per heavy atom. The molecular weight excluding hydrogens is 362 g/mol. The molecule has 2 aliphatic rings. The Morgan fingerprint density at radius 2 is 2.03 bits per heavy atom. The molecule has 1 atom stereocenters. The van der Waals surface area contributed by atoms with Crippen molar-refractivity contribution >= 4 is 22.8 Å². The van der Waals surface area contributed by atoms with Crippen molar-refractivity contribution in [2.45, 2.75) is 31.1 Å². The normalized spacial score (nSPS) is 20.8. The molecule has 3 aromatic rings. The number of aromatic nitrogens is 3. The first kappa shape index (κ1) is 18.0. The van der Waals surface area contributed by atoms with E-state index in [1.807, 2.05) is 60.4 Å². The minimum absolute atomic E-state index is 0.0558. The largest absolute Gasteiger partial charge is 0.347 e. The molecule has 148 valence electrons. The molecule has 1 fully saturated rings. The molecule has 0 bridgehead atoms. The summed E-state index contributed by atoms with van der Waals surface area (Å²) in [6.45, 7) is 1.51. The highest BCUT2D eigenvalue weighted by atomic mass is 16.2. The van der Waals surface area contributed by atoms with E-state index >= 15 is 0 Å². The third-order valence-corrected chi connectivity index (χ3v) is 6.37. The van der Waals surface area contributed by atoms with Crippen LogP contribution < -0.4 is 4.90 Å². The molecule has 1 spiro atoms. The van der Waals surface area contributed by atoms with Crippen LogP contribution >= 0.6 is 0 Å². The van der Waals surface area contributed by atoms with Crippen molar-refractivity contribution < 1.29 is 4.79 Å². The van der Waals surface area contributed by atoms with Gasteiger partial charge in [0.05, 0.1) is 11.2 Å². The number of fused-ring (bicyclic) bond motifs is 3. The average molecular weight is 387 g/mol. The average Bonchev–Trinajstić information content (AvgIpc) is 3.10. The maximum atomic E-state index is 13.5. The van der Waals surface area contributed by atoms with E-state index in [-0.39, 0.29) is 11.3 Å². The van der Waals surface area contributed by atoms with Crippen LogP contribution in [0.25, 0.3) is 10.9 Å². The maximum absolute atomic E-state index is 13.5. The van der Waals surface area contributed by atoms with Gasteiger partial charge in [-0.15, -0.1) is 0 Å². The first-order valence-electron chi connectivity index (χ1n) is 10.2. The van der Waals surface area contributed by atoms with Gasteiger partial charge in [-0.25, -0.2) is 9.97 Å². The highest BCUT2D eigenvalue weighted by molar-refractivity contribution is 6.06. The number of hydrogen-bond acceptors (Lipinski definition) is 5. The van der Waals surface area contributed by atoms with Crippen molar-refractivity contribution in [2.75, 3.05) is 32.1 Å². The minimum atomic E-state index is -0.0558. The van der Waals surface area contributed by atoms with Crippen molar-refractivity contribution in [3.05, 3.63) is 59.5 Å². The molecule has 1 aromatic carbocycles. The van der Waals surface area contributed by atoms with Gasteiger partial charge in [0.2, 0.25) is 5.95 Å². The summed E-state index contributed by atoms with van der Waals surface area (Å²) in [5.41, 5.74) is 3.93. The first-order valence-corrected chi connectivity index (χ1v) is 10.2. The van der Waals surface area contributed by atoms with Gasteiger partial charge in [0.1, 0.15) is 0 Å². The van der Waals surface area contributed by atoms with Crippen LogP contribution in [-0.4, -0.2) is 52.9 Å². The number of piperidine rings is 1. The highest BCUT2D eigenvalue weighted by Gasteiger charge is 2.45. The van der Waals surface area contributed by atoms with Crippen molar-refractivity contribution in [3.8, 4) is 0 Å². The fraction of sp³-hybridized carbons (Fsp3) is 0.391. The van der Waals surface area contributed by atoms with Crippen LogP contribution in [-0.2, 0) is 11.8 Å². The van der Waals surface area contributed by atoms with Crippen LogP contribution in [0.2, 0.25) is 0 Å². The molecule has 1 aliphatic heterocycles. The standard InChI is InChI=1S/C23H25N5O/c1-27(2)22-25-14-16-9-11-23(20(16)26-22)10-5-13-28(15-23)21(29)18-6-3-8-19-17(18)7-4-12-24-19/h3-4,6-8,12,14H,5,9-11,13,15H2,1-2H3. The van der Waals surface area contributed by atoms with Crippen LogP contribution in [0, 0.1) is 0 Å². The van der Waals surface area contributed by atoms with Gasteiger partial charge in [-0.2, -0.15) is 0 Å². The number of carbonyl (C=O) groups excluding carboxylic acids is 1. The summed E-state index contributed by atoms with van der Waals surface area (Å²) >= 11 is 0. The fourth-order valence-corrected chi connectivity index (χ4v) is 4.91. The maximum Gasteiger partial charge on any atom is 0.254 e. The van der Waals surface area contributed by atoms with Crippen molar-refractivity contribution in [1.82, 2.24) is 19.9 Å². The summed E-state index contributed by atoms with van der Waals surface area (Å²) in [4.78, 5) is 31.3. The summed E-state index contributed by atoms with van der Waals surface area (Å²) < 4.78 is 0. The monoisotopic (exact) mass is 387 g/mol.